The van der Waals surface area contributed by atoms with Crippen molar-refractivity contribution < 1.29 is 17.6 Å². The van der Waals surface area contributed by atoms with Gasteiger partial charge in [0.1, 0.15) is 5.82 Å². The van der Waals surface area contributed by atoms with Gasteiger partial charge in [-0.05, 0) is 55.0 Å². The molecule has 34 heavy (non-hydrogen) atoms. The molecule has 0 spiro atoms. The van der Waals surface area contributed by atoms with Crippen molar-refractivity contribution in [3.8, 4) is 0 Å². The summed E-state index contributed by atoms with van der Waals surface area (Å²) in [4.78, 5) is 13.7. The first-order chi connectivity index (χ1) is 16.2. The predicted molar refractivity (Wildman–Crippen MR) is 132 cm³/mol. The Hall–Kier alpha value is -3.01. The summed E-state index contributed by atoms with van der Waals surface area (Å²) >= 11 is 1.63. The fourth-order valence-corrected chi connectivity index (χ4v) is 5.71. The zero-order chi connectivity index (χ0) is 24.3. The Morgan fingerprint density at radius 2 is 1.79 bits per heavy atom. The second-order valence-electron chi connectivity index (χ2n) is 8.01. The minimum Gasteiger partial charge on any atom is -0.267 e. The van der Waals surface area contributed by atoms with E-state index >= 15 is 0 Å². The largest absolute Gasteiger partial charge is 0.271 e. The number of hydrogen-bond donors (Lipinski definition) is 1. The molecular weight excluding hydrogens is 473 g/mol. The third kappa shape index (κ3) is 5.38. The number of nitrogens with zero attached hydrogens (tertiary/aromatic N) is 2. The third-order valence-corrected chi connectivity index (χ3v) is 8.38. The van der Waals surface area contributed by atoms with Gasteiger partial charge >= 0.3 is 0 Å². The molecule has 0 aromatic heterocycles. The van der Waals surface area contributed by atoms with Crippen LogP contribution in [-0.2, 0) is 16.6 Å². The smallest absolute Gasteiger partial charge is 0.267 e. The predicted octanol–water partition coefficient (Wildman–Crippen LogP) is 4.58. The highest BCUT2D eigenvalue weighted by molar-refractivity contribution is 7.99. The van der Waals surface area contributed by atoms with E-state index in [1.165, 1.54) is 23.5 Å². The summed E-state index contributed by atoms with van der Waals surface area (Å²) in [5.41, 5.74) is 6.01. The van der Waals surface area contributed by atoms with Gasteiger partial charge in [-0.3, -0.25) is 4.79 Å². The first-order valence-corrected chi connectivity index (χ1v) is 13.1. The lowest BCUT2D eigenvalue weighted by Crippen LogP contribution is -2.26. The van der Waals surface area contributed by atoms with Crippen molar-refractivity contribution in [3.05, 3.63) is 94.8 Å². The topological polar surface area (TPSA) is 78.8 Å². The number of aryl methyl sites for hydroxylation is 1. The summed E-state index contributed by atoms with van der Waals surface area (Å²) in [6, 6.07) is 18.0. The van der Waals surface area contributed by atoms with Crippen LogP contribution in [0, 0.1) is 12.7 Å². The molecule has 1 aliphatic heterocycles. The van der Waals surface area contributed by atoms with E-state index in [1.54, 1.807) is 66.4 Å². The van der Waals surface area contributed by atoms with E-state index in [9.17, 15) is 17.6 Å². The summed E-state index contributed by atoms with van der Waals surface area (Å²) < 4.78 is 40.5. The summed E-state index contributed by atoms with van der Waals surface area (Å²) in [6.07, 6.45) is 0.627. The van der Waals surface area contributed by atoms with Crippen LogP contribution in [0.3, 0.4) is 0 Å². The second kappa shape index (κ2) is 10.1. The van der Waals surface area contributed by atoms with Gasteiger partial charge < -0.3 is 0 Å². The lowest BCUT2D eigenvalue weighted by Gasteiger charge is -2.18. The van der Waals surface area contributed by atoms with Crippen LogP contribution in [0.1, 0.15) is 33.5 Å². The van der Waals surface area contributed by atoms with E-state index in [2.05, 4.69) is 10.5 Å². The Kier molecular flexibility index (Phi) is 7.16. The average molecular weight is 498 g/mol. The van der Waals surface area contributed by atoms with Crippen molar-refractivity contribution in [3.63, 3.8) is 0 Å². The molecule has 3 aromatic rings. The average Bonchev–Trinajstić information content (AvgIpc) is 2.83. The van der Waals surface area contributed by atoms with Crippen LogP contribution in [-0.4, -0.2) is 37.1 Å². The Bertz CT molecular complexity index is 1340. The molecule has 0 saturated carbocycles. The van der Waals surface area contributed by atoms with E-state index in [1.807, 2.05) is 6.92 Å². The third-order valence-electron chi connectivity index (χ3n) is 5.49. The fraction of sp³-hybridized carbons (Fsp3) is 0.200. The van der Waals surface area contributed by atoms with Crippen molar-refractivity contribution in [1.29, 1.82) is 0 Å². The van der Waals surface area contributed by atoms with E-state index in [0.717, 1.165) is 21.8 Å². The molecule has 9 heteroatoms. The van der Waals surface area contributed by atoms with Gasteiger partial charge in [0, 0.05) is 41.8 Å². The van der Waals surface area contributed by atoms with Gasteiger partial charge in [0.15, 0.2) is 0 Å². The second-order valence-corrected chi connectivity index (χ2v) is 11.2. The minimum absolute atomic E-state index is 0.167. The summed E-state index contributed by atoms with van der Waals surface area (Å²) in [7, 11) is -2.10. The fourth-order valence-electron chi connectivity index (χ4n) is 3.54. The van der Waals surface area contributed by atoms with E-state index in [4.69, 9.17) is 0 Å². The number of benzene rings is 3. The number of nitrogens with one attached hydrogen (secondary N) is 1. The molecule has 0 radical (unpaired) electrons. The van der Waals surface area contributed by atoms with E-state index in [-0.39, 0.29) is 17.3 Å². The Morgan fingerprint density at radius 3 is 2.50 bits per heavy atom. The number of halogens is 1. The van der Waals surface area contributed by atoms with E-state index in [0.29, 0.717) is 23.3 Å². The van der Waals surface area contributed by atoms with Crippen LogP contribution in [0.15, 0.2) is 81.6 Å². The van der Waals surface area contributed by atoms with Gasteiger partial charge in [0.2, 0.25) is 10.0 Å². The zero-order valence-corrected chi connectivity index (χ0v) is 20.4. The Morgan fingerprint density at radius 1 is 1.09 bits per heavy atom. The van der Waals surface area contributed by atoms with Crippen molar-refractivity contribution in [1.82, 2.24) is 9.73 Å². The quantitative estimate of drug-likeness (QED) is 0.506. The summed E-state index contributed by atoms with van der Waals surface area (Å²) in [5, 5.41) is 4.23. The molecule has 1 heterocycles. The highest BCUT2D eigenvalue weighted by atomic mass is 32.2. The van der Waals surface area contributed by atoms with Crippen LogP contribution in [0.25, 0.3) is 0 Å². The minimum atomic E-state index is -3.62. The molecule has 3 aromatic carbocycles. The van der Waals surface area contributed by atoms with Crippen molar-refractivity contribution >= 4 is 33.4 Å². The number of amides is 1. The lowest BCUT2D eigenvalue weighted by atomic mass is 10.1. The molecule has 4 rings (SSSR count). The number of carbonyl (C=O) groups excluding carboxylic acids is 1. The normalized spacial score (nSPS) is 14.8. The van der Waals surface area contributed by atoms with Gasteiger partial charge in [-0.2, -0.15) is 9.41 Å². The van der Waals surface area contributed by atoms with Gasteiger partial charge in [-0.1, -0.05) is 29.8 Å². The van der Waals surface area contributed by atoms with Crippen LogP contribution < -0.4 is 5.43 Å². The highest BCUT2D eigenvalue weighted by Crippen LogP contribution is 2.30. The number of hydrazone groups is 1. The molecule has 176 valence electrons. The molecule has 0 saturated heterocycles. The first kappa shape index (κ1) is 24.1. The van der Waals surface area contributed by atoms with Crippen LogP contribution in [0.5, 0.6) is 0 Å². The maximum atomic E-state index is 13.7. The molecular formula is C25H24FN3O3S2. The number of sulfonamides is 1. The maximum Gasteiger partial charge on any atom is 0.271 e. The maximum absolute atomic E-state index is 13.7. The number of fused-ring (bicyclic) bond motifs is 1. The zero-order valence-electron chi connectivity index (χ0n) is 18.8. The van der Waals surface area contributed by atoms with Crippen molar-refractivity contribution in [2.75, 3.05) is 12.8 Å². The van der Waals surface area contributed by atoms with Gasteiger partial charge in [-0.15, -0.1) is 11.8 Å². The van der Waals surface area contributed by atoms with Gasteiger partial charge in [-0.25, -0.2) is 18.2 Å². The number of carbonyl (C=O) groups is 1. The summed E-state index contributed by atoms with van der Waals surface area (Å²) in [5.74, 6) is 0.0715. The SMILES string of the molecule is Cc1ccc(S(=O)(=O)N(C)Cc2ccc(C(=O)N/N=C3\CCSc4ccc(F)cc43)cc2)cc1. The van der Waals surface area contributed by atoms with Crippen LogP contribution >= 0.6 is 11.8 Å². The first-order valence-electron chi connectivity index (χ1n) is 10.7. The lowest BCUT2D eigenvalue weighted by molar-refractivity contribution is 0.0954. The molecule has 0 fully saturated rings. The summed E-state index contributed by atoms with van der Waals surface area (Å²) in [6.45, 7) is 2.07. The monoisotopic (exact) mass is 497 g/mol. The van der Waals surface area contributed by atoms with Gasteiger partial charge in [0.05, 0.1) is 10.6 Å². The number of thioether (sulfide) groups is 1. The molecule has 1 N–H and O–H groups in total. The van der Waals surface area contributed by atoms with Crippen molar-refractivity contribution in [2.24, 2.45) is 5.10 Å². The van der Waals surface area contributed by atoms with Gasteiger partial charge in [0.25, 0.3) is 5.91 Å². The molecule has 0 unspecified atom stereocenters. The van der Waals surface area contributed by atoms with Crippen LogP contribution in [0.4, 0.5) is 4.39 Å². The molecule has 0 aliphatic carbocycles. The molecule has 0 bridgehead atoms. The number of hydrogen-bond acceptors (Lipinski definition) is 5. The Balaban J connectivity index is 1.42. The van der Waals surface area contributed by atoms with E-state index < -0.39 is 15.9 Å². The molecule has 1 amide bonds. The van der Waals surface area contributed by atoms with Crippen molar-refractivity contribution in [2.45, 2.75) is 29.7 Å². The molecule has 0 atom stereocenters. The Labute approximate surface area is 202 Å². The highest BCUT2D eigenvalue weighted by Gasteiger charge is 2.21. The molecule has 6 nitrogen and oxygen atoms in total. The van der Waals surface area contributed by atoms with Crippen LogP contribution in [0.2, 0.25) is 0 Å². The standard InChI is InChI=1S/C25H24FN3O3S2/c1-17-3-10-21(11-4-17)34(31,32)29(2)16-18-5-7-19(8-6-18)25(30)28-27-23-13-14-33-24-12-9-20(26)15-22(23)24/h3-12,15H,13-14,16H2,1-2H3,(H,28,30)/b27-23+. The number of rotatable bonds is 6. The molecule has 1 aliphatic rings.